The second-order valence-electron chi connectivity index (χ2n) is 4.00. The highest BCUT2D eigenvalue weighted by Crippen LogP contribution is 2.21. The van der Waals surface area contributed by atoms with Crippen LogP contribution in [-0.2, 0) is 6.42 Å². The minimum atomic E-state index is 0.904. The van der Waals surface area contributed by atoms with Gasteiger partial charge in [0.15, 0.2) is 0 Å². The molecule has 1 aromatic heterocycles. The second-order valence-corrected chi connectivity index (χ2v) is 4.91. The molecule has 0 amide bonds. The summed E-state index contributed by atoms with van der Waals surface area (Å²) in [5.41, 5.74) is 3.54. The van der Waals surface area contributed by atoms with Crippen LogP contribution in [0, 0.1) is 6.92 Å². The molecule has 88 valence electrons. The van der Waals surface area contributed by atoms with E-state index in [0.717, 1.165) is 28.0 Å². The molecule has 0 saturated heterocycles. The first-order valence-corrected chi connectivity index (χ1v) is 6.46. The van der Waals surface area contributed by atoms with Gasteiger partial charge in [-0.3, -0.25) is 0 Å². The summed E-state index contributed by atoms with van der Waals surface area (Å²) in [7, 11) is 0. The van der Waals surface area contributed by atoms with Gasteiger partial charge in [-0.2, -0.15) is 0 Å². The van der Waals surface area contributed by atoms with Gasteiger partial charge in [0, 0.05) is 16.4 Å². The molecule has 0 unspecified atom stereocenters. The van der Waals surface area contributed by atoms with Crippen molar-refractivity contribution in [3.8, 4) is 0 Å². The Balaban J connectivity index is 2.25. The molecule has 17 heavy (non-hydrogen) atoms. The average Bonchev–Trinajstić information content (AvgIpc) is 2.33. The molecule has 2 aromatic rings. The fourth-order valence-corrected chi connectivity index (χ4v) is 2.12. The van der Waals surface area contributed by atoms with Crippen molar-refractivity contribution < 1.29 is 0 Å². The topological polar surface area (TPSA) is 24.9 Å². The summed E-state index contributed by atoms with van der Waals surface area (Å²) in [5.74, 6) is 0.904. The van der Waals surface area contributed by atoms with Gasteiger partial charge in [0.05, 0.1) is 0 Å². The summed E-state index contributed by atoms with van der Waals surface area (Å²) in [5, 5.41) is 3.34. The quantitative estimate of drug-likeness (QED) is 0.903. The van der Waals surface area contributed by atoms with E-state index in [9.17, 15) is 0 Å². The molecular formula is C14H15BrN2. The van der Waals surface area contributed by atoms with E-state index in [-0.39, 0.29) is 0 Å². The molecule has 0 saturated carbocycles. The number of rotatable bonds is 3. The van der Waals surface area contributed by atoms with Gasteiger partial charge < -0.3 is 5.32 Å². The van der Waals surface area contributed by atoms with Gasteiger partial charge in [0.25, 0.3) is 0 Å². The lowest BCUT2D eigenvalue weighted by Crippen LogP contribution is -1.96. The van der Waals surface area contributed by atoms with Crippen LogP contribution in [0.1, 0.15) is 18.1 Å². The molecule has 0 fully saturated rings. The Hall–Kier alpha value is -1.35. The Morgan fingerprint density at radius 1 is 1.29 bits per heavy atom. The monoisotopic (exact) mass is 290 g/mol. The third-order valence-electron chi connectivity index (χ3n) is 2.64. The predicted octanol–water partition coefficient (Wildman–Crippen LogP) is 4.46. The van der Waals surface area contributed by atoms with E-state index >= 15 is 0 Å². The highest BCUT2D eigenvalue weighted by atomic mass is 79.9. The van der Waals surface area contributed by atoms with Crippen LogP contribution < -0.4 is 5.32 Å². The first-order chi connectivity index (χ1) is 8.19. The van der Waals surface area contributed by atoms with E-state index in [1.807, 2.05) is 6.92 Å². The van der Waals surface area contributed by atoms with Gasteiger partial charge in [-0.25, -0.2) is 4.98 Å². The molecule has 1 heterocycles. The molecule has 0 aliphatic carbocycles. The third kappa shape index (κ3) is 3.07. The van der Waals surface area contributed by atoms with Crippen molar-refractivity contribution >= 4 is 27.4 Å². The lowest BCUT2D eigenvalue weighted by Gasteiger charge is -2.09. The Bertz CT molecular complexity index is 523. The first kappa shape index (κ1) is 12.1. The van der Waals surface area contributed by atoms with Crippen molar-refractivity contribution in [2.75, 3.05) is 5.32 Å². The van der Waals surface area contributed by atoms with Crippen LogP contribution >= 0.6 is 15.9 Å². The van der Waals surface area contributed by atoms with E-state index in [4.69, 9.17) is 0 Å². The summed E-state index contributed by atoms with van der Waals surface area (Å²) in [6, 6.07) is 10.5. The molecule has 2 rings (SSSR count). The normalized spacial score (nSPS) is 10.3. The fraction of sp³-hybridized carbons (Fsp3) is 0.214. The van der Waals surface area contributed by atoms with E-state index in [0.29, 0.717) is 0 Å². The summed E-state index contributed by atoms with van der Waals surface area (Å²) < 4.78 is 1.00. The third-order valence-corrected chi connectivity index (χ3v) is 3.08. The fourth-order valence-electron chi connectivity index (χ4n) is 1.68. The molecular weight excluding hydrogens is 276 g/mol. The SMILES string of the molecule is CCc1cccc(Nc2ncc(Br)cc2C)c1. The Morgan fingerprint density at radius 2 is 2.12 bits per heavy atom. The number of aryl methyl sites for hydroxylation is 2. The molecule has 2 nitrogen and oxygen atoms in total. The van der Waals surface area contributed by atoms with E-state index in [1.165, 1.54) is 5.56 Å². The highest BCUT2D eigenvalue weighted by Gasteiger charge is 2.01. The van der Waals surface area contributed by atoms with Crippen molar-refractivity contribution in [3.63, 3.8) is 0 Å². The summed E-state index contributed by atoms with van der Waals surface area (Å²) in [4.78, 5) is 4.37. The molecule has 0 radical (unpaired) electrons. The van der Waals surface area contributed by atoms with Crippen LogP contribution in [0.25, 0.3) is 0 Å². The number of hydrogen-bond donors (Lipinski definition) is 1. The second kappa shape index (κ2) is 5.32. The van der Waals surface area contributed by atoms with Gasteiger partial charge in [-0.15, -0.1) is 0 Å². The standard InChI is InChI=1S/C14H15BrN2/c1-3-11-5-4-6-13(8-11)17-14-10(2)7-12(15)9-16-14/h4-9H,3H2,1-2H3,(H,16,17). The summed E-state index contributed by atoms with van der Waals surface area (Å²) in [6.45, 7) is 4.20. The molecule has 0 bridgehead atoms. The lowest BCUT2D eigenvalue weighted by atomic mass is 10.1. The van der Waals surface area contributed by atoms with Gasteiger partial charge in [0.2, 0.25) is 0 Å². The maximum atomic E-state index is 4.37. The van der Waals surface area contributed by atoms with Crippen molar-refractivity contribution in [2.24, 2.45) is 0 Å². The number of halogens is 1. The molecule has 0 atom stereocenters. The van der Waals surface area contributed by atoms with Crippen LogP contribution in [0.4, 0.5) is 11.5 Å². The Kier molecular flexibility index (Phi) is 3.79. The minimum absolute atomic E-state index is 0.904. The largest absolute Gasteiger partial charge is 0.340 e. The van der Waals surface area contributed by atoms with Gasteiger partial charge in [-0.1, -0.05) is 19.1 Å². The zero-order valence-corrected chi connectivity index (χ0v) is 11.6. The minimum Gasteiger partial charge on any atom is -0.340 e. The smallest absolute Gasteiger partial charge is 0.133 e. The van der Waals surface area contributed by atoms with Crippen LogP contribution in [0.2, 0.25) is 0 Å². The first-order valence-electron chi connectivity index (χ1n) is 5.67. The van der Waals surface area contributed by atoms with Crippen LogP contribution in [0.15, 0.2) is 41.0 Å². The molecule has 1 aromatic carbocycles. The van der Waals surface area contributed by atoms with Gasteiger partial charge in [-0.05, 0) is 58.6 Å². The van der Waals surface area contributed by atoms with Crippen LogP contribution in [-0.4, -0.2) is 4.98 Å². The highest BCUT2D eigenvalue weighted by molar-refractivity contribution is 9.10. The molecule has 3 heteroatoms. The van der Waals surface area contributed by atoms with Crippen molar-refractivity contribution in [1.82, 2.24) is 4.98 Å². The zero-order chi connectivity index (χ0) is 12.3. The number of pyridine rings is 1. The van der Waals surface area contributed by atoms with Crippen molar-refractivity contribution in [3.05, 3.63) is 52.1 Å². The molecule has 0 aliphatic heterocycles. The number of nitrogens with one attached hydrogen (secondary N) is 1. The Labute approximate surface area is 110 Å². The lowest BCUT2D eigenvalue weighted by molar-refractivity contribution is 1.14. The summed E-state index contributed by atoms with van der Waals surface area (Å²) >= 11 is 3.41. The number of anilines is 2. The van der Waals surface area contributed by atoms with E-state index < -0.39 is 0 Å². The van der Waals surface area contributed by atoms with Crippen LogP contribution in [0.5, 0.6) is 0 Å². The maximum absolute atomic E-state index is 4.37. The van der Waals surface area contributed by atoms with E-state index in [2.05, 4.69) is 63.5 Å². The van der Waals surface area contributed by atoms with Gasteiger partial charge in [0.1, 0.15) is 5.82 Å². The summed E-state index contributed by atoms with van der Waals surface area (Å²) in [6.07, 6.45) is 2.85. The zero-order valence-electron chi connectivity index (χ0n) is 10.00. The van der Waals surface area contributed by atoms with Crippen molar-refractivity contribution in [2.45, 2.75) is 20.3 Å². The van der Waals surface area contributed by atoms with Gasteiger partial charge >= 0.3 is 0 Å². The number of aromatic nitrogens is 1. The van der Waals surface area contributed by atoms with Crippen molar-refractivity contribution in [1.29, 1.82) is 0 Å². The molecule has 0 aliphatic rings. The maximum Gasteiger partial charge on any atom is 0.133 e. The average molecular weight is 291 g/mol. The molecule has 0 spiro atoms. The predicted molar refractivity (Wildman–Crippen MR) is 75.8 cm³/mol. The van der Waals surface area contributed by atoms with E-state index in [1.54, 1.807) is 6.20 Å². The number of nitrogens with zero attached hydrogens (tertiary/aromatic N) is 1. The Morgan fingerprint density at radius 3 is 2.82 bits per heavy atom. The van der Waals surface area contributed by atoms with Crippen LogP contribution in [0.3, 0.4) is 0 Å². The number of benzene rings is 1. The molecule has 1 N–H and O–H groups in total. The number of hydrogen-bond acceptors (Lipinski definition) is 2.